The lowest BCUT2D eigenvalue weighted by Crippen LogP contribution is -2.59. The molecule has 2 heterocycles. The average Bonchev–Trinajstić information content (AvgIpc) is 2.82. The number of rotatable bonds is 7. The van der Waals surface area contributed by atoms with E-state index in [-0.39, 0.29) is 11.1 Å². The maximum absolute atomic E-state index is 4.50. The molecule has 0 radical (unpaired) electrons. The first kappa shape index (κ1) is 37.0. The van der Waals surface area contributed by atoms with E-state index in [9.17, 15) is 0 Å². The van der Waals surface area contributed by atoms with Gasteiger partial charge in [-0.15, -0.1) is 0 Å². The summed E-state index contributed by atoms with van der Waals surface area (Å²) in [4.78, 5) is 7.99. The standard InChI is InChI=1S/C25H51N3.C3H8.C2H6.CH5N/c1-11-22(2,3)25(8,9)21-12-14-27(15-13-21)23(4,5)20-24(6,7)28-18-16-26(10)17-19-28;1-3-2;2*1-2/h21H,11-20H2,1-10H3;3H2,1-2H3;1-2H3;2H2,1H3. The van der Waals surface area contributed by atoms with Crippen molar-refractivity contribution in [2.75, 3.05) is 53.4 Å². The van der Waals surface area contributed by atoms with E-state index in [1.54, 1.807) is 0 Å². The molecule has 35 heavy (non-hydrogen) atoms. The summed E-state index contributed by atoms with van der Waals surface area (Å²) >= 11 is 0. The number of nitrogens with two attached hydrogens (primary N) is 1. The zero-order valence-corrected chi connectivity index (χ0v) is 27.3. The summed E-state index contributed by atoms with van der Waals surface area (Å²) in [5.74, 6) is 0.847. The molecule has 214 valence electrons. The maximum Gasteiger partial charge on any atom is 0.0171 e. The first-order chi connectivity index (χ1) is 16.1. The zero-order chi connectivity index (χ0) is 28.1. The summed E-state index contributed by atoms with van der Waals surface area (Å²) < 4.78 is 0. The van der Waals surface area contributed by atoms with E-state index < -0.39 is 0 Å². The molecule has 0 aromatic carbocycles. The van der Waals surface area contributed by atoms with Crippen molar-refractivity contribution in [2.24, 2.45) is 22.5 Å². The van der Waals surface area contributed by atoms with E-state index in [1.165, 1.54) is 78.4 Å². The van der Waals surface area contributed by atoms with Crippen LogP contribution in [0.2, 0.25) is 0 Å². The smallest absolute Gasteiger partial charge is 0.0171 e. The Balaban J connectivity index is 0. The summed E-state index contributed by atoms with van der Waals surface area (Å²) in [5.41, 5.74) is 5.86. The second-order valence-corrected chi connectivity index (χ2v) is 13.0. The molecule has 2 saturated heterocycles. The molecule has 2 N–H and O–H groups in total. The Morgan fingerprint density at radius 3 is 1.34 bits per heavy atom. The van der Waals surface area contributed by atoms with Crippen LogP contribution in [-0.4, -0.2) is 79.1 Å². The fraction of sp³-hybridized carbons (Fsp3) is 1.00. The van der Waals surface area contributed by atoms with E-state index in [0.29, 0.717) is 10.8 Å². The highest BCUT2D eigenvalue weighted by atomic mass is 15.3. The van der Waals surface area contributed by atoms with Gasteiger partial charge in [0.2, 0.25) is 0 Å². The zero-order valence-electron chi connectivity index (χ0n) is 27.3. The third kappa shape index (κ3) is 11.0. The van der Waals surface area contributed by atoms with Crippen LogP contribution in [0.15, 0.2) is 0 Å². The molecule has 0 aromatic rings. The van der Waals surface area contributed by atoms with Crippen LogP contribution in [0.3, 0.4) is 0 Å². The largest absolute Gasteiger partial charge is 0.333 e. The molecule has 0 atom stereocenters. The Morgan fingerprint density at radius 1 is 0.657 bits per heavy atom. The Hall–Kier alpha value is -0.160. The Bertz CT molecular complexity index is 508. The van der Waals surface area contributed by atoms with E-state index >= 15 is 0 Å². The Morgan fingerprint density at radius 2 is 1.00 bits per heavy atom. The molecule has 0 aromatic heterocycles. The van der Waals surface area contributed by atoms with Gasteiger partial charge in [0.25, 0.3) is 0 Å². The van der Waals surface area contributed by atoms with Gasteiger partial charge in [-0.05, 0) is 90.9 Å². The fourth-order valence-electron chi connectivity index (χ4n) is 5.91. The molecule has 0 aliphatic carbocycles. The minimum Gasteiger partial charge on any atom is -0.333 e. The number of hydrogen-bond donors (Lipinski definition) is 1. The third-order valence-corrected chi connectivity index (χ3v) is 9.22. The predicted octanol–water partition coefficient (Wildman–Crippen LogP) is 7.37. The summed E-state index contributed by atoms with van der Waals surface area (Å²) in [6.45, 7) is 37.9. The van der Waals surface area contributed by atoms with Crippen molar-refractivity contribution in [1.82, 2.24) is 14.7 Å². The van der Waals surface area contributed by atoms with Crippen LogP contribution in [-0.2, 0) is 0 Å². The van der Waals surface area contributed by atoms with Crippen LogP contribution in [0.5, 0.6) is 0 Å². The number of hydrogen-bond acceptors (Lipinski definition) is 4. The highest BCUT2D eigenvalue weighted by molar-refractivity contribution is 4.98. The third-order valence-electron chi connectivity index (χ3n) is 9.22. The molecule has 0 saturated carbocycles. The van der Waals surface area contributed by atoms with Crippen LogP contribution >= 0.6 is 0 Å². The lowest BCUT2D eigenvalue weighted by molar-refractivity contribution is -0.0373. The topological polar surface area (TPSA) is 35.7 Å². The SMILES string of the molecule is CC.CCC.CCC(C)(C)C(C)(C)C1CCN(C(C)(C)CC(C)(C)N2CCN(C)CC2)CC1.CN. The first-order valence-electron chi connectivity index (χ1n) is 14.9. The number of likely N-dealkylation sites (tertiary alicyclic amines) is 1. The summed E-state index contributed by atoms with van der Waals surface area (Å²) in [5, 5.41) is 0. The first-order valence-corrected chi connectivity index (χ1v) is 14.9. The predicted molar refractivity (Wildman–Crippen MR) is 161 cm³/mol. The summed E-state index contributed by atoms with van der Waals surface area (Å²) in [6.07, 6.45) is 6.48. The molecular weight excluding hydrogens is 428 g/mol. The number of piperazine rings is 1. The molecule has 0 spiro atoms. The second-order valence-electron chi connectivity index (χ2n) is 13.0. The van der Waals surface area contributed by atoms with Crippen LogP contribution in [0, 0.1) is 16.7 Å². The van der Waals surface area contributed by atoms with Crippen molar-refractivity contribution in [2.45, 2.75) is 133 Å². The summed E-state index contributed by atoms with van der Waals surface area (Å²) in [7, 11) is 3.75. The molecule has 0 amide bonds. The average molecular weight is 499 g/mol. The molecule has 2 rings (SSSR count). The maximum atomic E-state index is 4.50. The highest BCUT2D eigenvalue weighted by Gasteiger charge is 2.45. The lowest BCUT2D eigenvalue weighted by Gasteiger charge is -2.53. The highest BCUT2D eigenvalue weighted by Crippen LogP contribution is 2.50. The van der Waals surface area contributed by atoms with Gasteiger partial charge in [-0.2, -0.15) is 0 Å². The number of nitrogens with zero attached hydrogens (tertiary/aromatic N) is 3. The van der Waals surface area contributed by atoms with Crippen molar-refractivity contribution in [1.29, 1.82) is 0 Å². The molecule has 2 aliphatic rings. The second kappa shape index (κ2) is 16.6. The normalized spacial score (nSPS) is 19.5. The number of likely N-dealkylation sites (N-methyl/N-ethyl adjacent to an activating group) is 1. The van der Waals surface area contributed by atoms with Crippen molar-refractivity contribution >= 4 is 0 Å². The van der Waals surface area contributed by atoms with Gasteiger partial charge in [0.05, 0.1) is 0 Å². The van der Waals surface area contributed by atoms with E-state index in [0.717, 1.165) is 5.92 Å². The molecule has 4 heteroatoms. The Labute approximate surface area is 223 Å². The molecule has 0 bridgehead atoms. The molecule has 4 nitrogen and oxygen atoms in total. The van der Waals surface area contributed by atoms with Gasteiger partial charge in [-0.3, -0.25) is 9.80 Å². The van der Waals surface area contributed by atoms with E-state index in [2.05, 4.69) is 104 Å². The van der Waals surface area contributed by atoms with Crippen LogP contribution in [0.25, 0.3) is 0 Å². The van der Waals surface area contributed by atoms with E-state index in [1.807, 2.05) is 13.8 Å². The van der Waals surface area contributed by atoms with E-state index in [4.69, 9.17) is 0 Å². The van der Waals surface area contributed by atoms with Crippen molar-refractivity contribution in [3.63, 3.8) is 0 Å². The Kier molecular flexibility index (Phi) is 17.6. The van der Waals surface area contributed by atoms with Gasteiger partial charge in [-0.1, -0.05) is 75.2 Å². The minimum atomic E-state index is 0.266. The molecule has 0 unspecified atom stereocenters. The van der Waals surface area contributed by atoms with Crippen LogP contribution in [0.4, 0.5) is 0 Å². The van der Waals surface area contributed by atoms with Crippen LogP contribution < -0.4 is 5.73 Å². The lowest BCUT2D eigenvalue weighted by atomic mass is 9.58. The van der Waals surface area contributed by atoms with Gasteiger partial charge in [-0.25, -0.2) is 0 Å². The molecule has 2 aliphatic heterocycles. The molecular formula is C31H70N4. The quantitative estimate of drug-likeness (QED) is 0.397. The minimum absolute atomic E-state index is 0.266. The van der Waals surface area contributed by atoms with Crippen molar-refractivity contribution in [3.8, 4) is 0 Å². The van der Waals surface area contributed by atoms with Gasteiger partial charge >= 0.3 is 0 Å². The monoisotopic (exact) mass is 499 g/mol. The summed E-state index contributed by atoms with van der Waals surface area (Å²) in [6, 6.07) is 0. The van der Waals surface area contributed by atoms with Crippen molar-refractivity contribution < 1.29 is 0 Å². The fourth-order valence-corrected chi connectivity index (χ4v) is 5.91. The van der Waals surface area contributed by atoms with Crippen LogP contribution in [0.1, 0.15) is 122 Å². The number of piperidine rings is 1. The molecule has 2 fully saturated rings. The van der Waals surface area contributed by atoms with Gasteiger partial charge in [0.1, 0.15) is 0 Å². The van der Waals surface area contributed by atoms with Gasteiger partial charge in [0.15, 0.2) is 0 Å². The van der Waals surface area contributed by atoms with Gasteiger partial charge < -0.3 is 10.6 Å². The van der Waals surface area contributed by atoms with Gasteiger partial charge in [0, 0.05) is 37.3 Å². The van der Waals surface area contributed by atoms with Crippen molar-refractivity contribution in [3.05, 3.63) is 0 Å².